The van der Waals surface area contributed by atoms with Gasteiger partial charge in [-0.3, -0.25) is 4.90 Å². The van der Waals surface area contributed by atoms with Gasteiger partial charge in [0.25, 0.3) is 0 Å². The first-order valence-corrected chi connectivity index (χ1v) is 6.47. The third kappa shape index (κ3) is 3.07. The van der Waals surface area contributed by atoms with E-state index in [9.17, 15) is 0 Å². The van der Waals surface area contributed by atoms with Crippen LogP contribution in [0.15, 0.2) is 12.4 Å². The van der Waals surface area contributed by atoms with E-state index in [-0.39, 0.29) is 5.54 Å². The Labute approximate surface area is 105 Å². The number of likely N-dealkylation sites (N-methyl/N-ethyl adjacent to an activating group) is 1. The molecule has 98 valence electrons. The van der Waals surface area contributed by atoms with Gasteiger partial charge in [-0.2, -0.15) is 0 Å². The van der Waals surface area contributed by atoms with Crippen molar-refractivity contribution < 1.29 is 0 Å². The Balaban J connectivity index is 2.59. The predicted octanol–water partition coefficient (Wildman–Crippen LogP) is 1.41. The molecular formula is C13H26N4. The van der Waals surface area contributed by atoms with Crippen LogP contribution in [0.25, 0.3) is 0 Å². The van der Waals surface area contributed by atoms with Crippen LogP contribution in [0.3, 0.4) is 0 Å². The number of hydrogen-bond acceptors (Lipinski definition) is 3. The summed E-state index contributed by atoms with van der Waals surface area (Å²) in [6.45, 7) is 6.15. The summed E-state index contributed by atoms with van der Waals surface area (Å²) in [6, 6.07) is 0. The van der Waals surface area contributed by atoms with E-state index in [4.69, 9.17) is 5.73 Å². The van der Waals surface area contributed by atoms with Crippen molar-refractivity contribution in [1.82, 2.24) is 14.5 Å². The summed E-state index contributed by atoms with van der Waals surface area (Å²) in [4.78, 5) is 6.74. The summed E-state index contributed by atoms with van der Waals surface area (Å²) in [6.07, 6.45) is 7.01. The molecule has 4 heteroatoms. The van der Waals surface area contributed by atoms with Crippen molar-refractivity contribution in [2.45, 2.75) is 38.6 Å². The van der Waals surface area contributed by atoms with Gasteiger partial charge >= 0.3 is 0 Å². The van der Waals surface area contributed by atoms with Gasteiger partial charge in [-0.25, -0.2) is 4.98 Å². The molecule has 1 aromatic heterocycles. The van der Waals surface area contributed by atoms with E-state index in [2.05, 4.69) is 35.3 Å². The molecule has 0 unspecified atom stereocenters. The van der Waals surface area contributed by atoms with E-state index in [0.29, 0.717) is 0 Å². The van der Waals surface area contributed by atoms with Gasteiger partial charge in [-0.1, -0.05) is 13.8 Å². The fourth-order valence-corrected chi connectivity index (χ4v) is 2.38. The number of imidazole rings is 1. The zero-order valence-corrected chi connectivity index (χ0v) is 11.6. The Bertz CT molecular complexity index is 320. The van der Waals surface area contributed by atoms with Gasteiger partial charge in [-0.15, -0.1) is 0 Å². The maximum absolute atomic E-state index is 5.95. The van der Waals surface area contributed by atoms with Crippen LogP contribution < -0.4 is 5.73 Å². The van der Waals surface area contributed by atoms with E-state index in [1.54, 1.807) is 0 Å². The molecule has 0 saturated carbocycles. The third-order valence-corrected chi connectivity index (χ3v) is 4.10. The van der Waals surface area contributed by atoms with Gasteiger partial charge in [0.1, 0.15) is 5.82 Å². The van der Waals surface area contributed by atoms with Crippen LogP contribution in [-0.4, -0.2) is 40.1 Å². The summed E-state index contributed by atoms with van der Waals surface area (Å²) in [5, 5.41) is 0. The molecule has 0 radical (unpaired) electrons. The fraction of sp³-hybridized carbons (Fsp3) is 0.769. The van der Waals surface area contributed by atoms with E-state index in [1.165, 1.54) is 0 Å². The lowest BCUT2D eigenvalue weighted by Gasteiger charge is -2.40. The first kappa shape index (κ1) is 14.2. The standard InChI is InChI=1S/C13H26N4/c1-5-13(6-2,11-14)17(4)9-7-12-15-8-10-16(12)3/h8,10H,5-7,9,11,14H2,1-4H3. The van der Waals surface area contributed by atoms with Crippen LogP contribution >= 0.6 is 0 Å². The first-order valence-electron chi connectivity index (χ1n) is 6.47. The molecule has 0 atom stereocenters. The molecule has 0 bridgehead atoms. The smallest absolute Gasteiger partial charge is 0.109 e. The van der Waals surface area contributed by atoms with Crippen molar-refractivity contribution >= 4 is 0 Å². The minimum absolute atomic E-state index is 0.144. The molecule has 0 fully saturated rings. The minimum atomic E-state index is 0.144. The number of aryl methyl sites for hydroxylation is 1. The summed E-state index contributed by atoms with van der Waals surface area (Å²) >= 11 is 0. The number of nitrogens with two attached hydrogens (primary N) is 1. The average Bonchev–Trinajstić information content (AvgIpc) is 2.75. The summed E-state index contributed by atoms with van der Waals surface area (Å²) in [5.74, 6) is 1.13. The highest BCUT2D eigenvalue weighted by Crippen LogP contribution is 2.21. The second kappa shape index (κ2) is 6.17. The van der Waals surface area contributed by atoms with Crippen LogP contribution in [0.4, 0.5) is 0 Å². The molecule has 0 amide bonds. The monoisotopic (exact) mass is 238 g/mol. The van der Waals surface area contributed by atoms with Crippen molar-refractivity contribution in [3.63, 3.8) is 0 Å². The average molecular weight is 238 g/mol. The molecule has 17 heavy (non-hydrogen) atoms. The molecule has 1 aromatic rings. The molecule has 2 N–H and O–H groups in total. The maximum atomic E-state index is 5.95. The SMILES string of the molecule is CCC(CC)(CN)N(C)CCc1nccn1C. The van der Waals surface area contributed by atoms with Crippen molar-refractivity contribution in [2.24, 2.45) is 12.8 Å². The Hall–Kier alpha value is -0.870. The summed E-state index contributed by atoms with van der Waals surface area (Å²) in [7, 11) is 4.21. The van der Waals surface area contributed by atoms with E-state index in [0.717, 1.165) is 38.2 Å². The topological polar surface area (TPSA) is 47.1 Å². The maximum Gasteiger partial charge on any atom is 0.109 e. The highest BCUT2D eigenvalue weighted by Gasteiger charge is 2.28. The van der Waals surface area contributed by atoms with E-state index in [1.807, 2.05) is 19.4 Å². The number of nitrogens with zero attached hydrogens (tertiary/aromatic N) is 3. The van der Waals surface area contributed by atoms with Gasteiger partial charge < -0.3 is 10.3 Å². The molecular weight excluding hydrogens is 212 g/mol. The largest absolute Gasteiger partial charge is 0.338 e. The highest BCUT2D eigenvalue weighted by atomic mass is 15.2. The van der Waals surface area contributed by atoms with Gasteiger partial charge in [0.2, 0.25) is 0 Å². The highest BCUT2D eigenvalue weighted by molar-refractivity contribution is 4.94. The van der Waals surface area contributed by atoms with Crippen molar-refractivity contribution in [1.29, 1.82) is 0 Å². The van der Waals surface area contributed by atoms with Gasteiger partial charge in [-0.05, 0) is 19.9 Å². The lowest BCUT2D eigenvalue weighted by atomic mass is 9.91. The van der Waals surface area contributed by atoms with Crippen LogP contribution in [-0.2, 0) is 13.5 Å². The van der Waals surface area contributed by atoms with Crippen LogP contribution in [0.5, 0.6) is 0 Å². The third-order valence-electron chi connectivity index (χ3n) is 4.10. The number of rotatable bonds is 7. The van der Waals surface area contributed by atoms with Gasteiger partial charge in [0, 0.05) is 44.5 Å². The molecule has 1 rings (SSSR count). The van der Waals surface area contributed by atoms with Crippen LogP contribution in [0, 0.1) is 0 Å². The predicted molar refractivity (Wildman–Crippen MR) is 71.9 cm³/mol. The zero-order chi connectivity index (χ0) is 12.9. The first-order chi connectivity index (χ1) is 8.09. The van der Waals surface area contributed by atoms with Crippen molar-refractivity contribution in [2.75, 3.05) is 20.1 Å². The summed E-state index contributed by atoms with van der Waals surface area (Å²) < 4.78 is 2.08. The molecule has 0 spiro atoms. The number of hydrogen-bond donors (Lipinski definition) is 1. The Morgan fingerprint density at radius 1 is 1.41 bits per heavy atom. The second-order valence-electron chi connectivity index (χ2n) is 4.76. The molecule has 0 aliphatic carbocycles. The molecule has 0 aliphatic heterocycles. The van der Waals surface area contributed by atoms with Crippen LogP contribution in [0.1, 0.15) is 32.5 Å². The molecule has 4 nitrogen and oxygen atoms in total. The molecule has 0 aliphatic rings. The normalized spacial score (nSPS) is 12.4. The van der Waals surface area contributed by atoms with Crippen LogP contribution in [0.2, 0.25) is 0 Å². The molecule has 0 saturated heterocycles. The second-order valence-corrected chi connectivity index (χ2v) is 4.76. The summed E-state index contributed by atoms with van der Waals surface area (Å²) in [5.41, 5.74) is 6.09. The van der Waals surface area contributed by atoms with E-state index >= 15 is 0 Å². The lowest BCUT2D eigenvalue weighted by molar-refractivity contribution is 0.116. The van der Waals surface area contributed by atoms with Crippen molar-refractivity contribution in [3.05, 3.63) is 18.2 Å². The van der Waals surface area contributed by atoms with Gasteiger partial charge in [0.05, 0.1) is 0 Å². The minimum Gasteiger partial charge on any atom is -0.338 e. The van der Waals surface area contributed by atoms with Crippen molar-refractivity contribution in [3.8, 4) is 0 Å². The molecule has 1 heterocycles. The quantitative estimate of drug-likeness (QED) is 0.781. The Kier molecular flexibility index (Phi) is 5.15. The number of aromatic nitrogens is 2. The van der Waals surface area contributed by atoms with E-state index < -0.39 is 0 Å². The molecule has 0 aromatic carbocycles. The fourth-order valence-electron chi connectivity index (χ4n) is 2.38. The lowest BCUT2D eigenvalue weighted by Crippen LogP contribution is -2.51. The zero-order valence-electron chi connectivity index (χ0n) is 11.6. The Morgan fingerprint density at radius 2 is 2.06 bits per heavy atom. The Morgan fingerprint density at radius 3 is 2.47 bits per heavy atom. The van der Waals surface area contributed by atoms with Gasteiger partial charge in [0.15, 0.2) is 0 Å².